The molecule has 0 aliphatic carbocycles. The highest BCUT2D eigenvalue weighted by atomic mass is 19.3. The van der Waals surface area contributed by atoms with Crippen LogP contribution in [0.5, 0.6) is 0 Å². The molecule has 1 heterocycles. The van der Waals surface area contributed by atoms with Gasteiger partial charge in [-0.2, -0.15) is 0 Å². The number of nitrogens with zero attached hydrogens (tertiary/aromatic N) is 1. The Balaban J connectivity index is 2.32. The minimum atomic E-state index is -2.23. The maximum absolute atomic E-state index is 12.0. The number of hydrogen-bond acceptors (Lipinski definition) is 2. The number of halogens is 2. The Morgan fingerprint density at radius 2 is 2.30 bits per heavy atom. The van der Waals surface area contributed by atoms with Gasteiger partial charge < -0.3 is 10.2 Å². The lowest BCUT2D eigenvalue weighted by Gasteiger charge is -2.30. The molecule has 60 valence electrons. The molecule has 1 saturated heterocycles. The van der Waals surface area contributed by atoms with Crippen LogP contribution in [0.2, 0.25) is 0 Å². The lowest BCUT2D eigenvalue weighted by atomic mass is 10.2. The van der Waals surface area contributed by atoms with E-state index < -0.39 is 12.5 Å². The van der Waals surface area contributed by atoms with E-state index in [0.29, 0.717) is 13.1 Å². The summed E-state index contributed by atoms with van der Waals surface area (Å²) in [6.45, 7) is 1.99. The molecule has 0 aromatic carbocycles. The molecule has 1 aliphatic rings. The van der Waals surface area contributed by atoms with Crippen molar-refractivity contribution in [2.24, 2.45) is 0 Å². The predicted octanol–water partition coefficient (Wildman–Crippen LogP) is 0.155. The third-order valence-corrected chi connectivity index (χ3v) is 1.71. The molecule has 1 aliphatic heterocycles. The molecule has 10 heavy (non-hydrogen) atoms. The van der Waals surface area contributed by atoms with Gasteiger partial charge in [-0.15, -0.1) is 0 Å². The van der Waals surface area contributed by atoms with Gasteiger partial charge in [0, 0.05) is 19.6 Å². The predicted molar refractivity (Wildman–Crippen MR) is 35.3 cm³/mol. The van der Waals surface area contributed by atoms with E-state index in [0.717, 1.165) is 6.54 Å². The summed E-state index contributed by atoms with van der Waals surface area (Å²) < 4.78 is 24.0. The summed E-state index contributed by atoms with van der Waals surface area (Å²) >= 11 is 0. The van der Waals surface area contributed by atoms with Crippen LogP contribution in [0.4, 0.5) is 8.78 Å². The normalized spacial score (nSPS) is 29.4. The monoisotopic (exact) mass is 150 g/mol. The van der Waals surface area contributed by atoms with Crippen LogP contribution in [0.3, 0.4) is 0 Å². The van der Waals surface area contributed by atoms with Gasteiger partial charge in [-0.3, -0.25) is 0 Å². The van der Waals surface area contributed by atoms with Crippen molar-refractivity contribution in [1.29, 1.82) is 0 Å². The molecule has 4 heteroatoms. The van der Waals surface area contributed by atoms with Crippen molar-refractivity contribution < 1.29 is 8.78 Å². The van der Waals surface area contributed by atoms with Crippen LogP contribution in [-0.2, 0) is 0 Å². The second kappa shape index (κ2) is 3.25. The zero-order chi connectivity index (χ0) is 7.56. The summed E-state index contributed by atoms with van der Waals surface area (Å²) in [5.41, 5.74) is 0. The Morgan fingerprint density at radius 1 is 1.60 bits per heavy atom. The molecular formula is C6H12F2N2. The van der Waals surface area contributed by atoms with Gasteiger partial charge >= 0.3 is 0 Å². The topological polar surface area (TPSA) is 15.3 Å². The Labute approximate surface area is 59.2 Å². The number of piperazine rings is 1. The average molecular weight is 150 g/mol. The molecule has 0 spiro atoms. The zero-order valence-corrected chi connectivity index (χ0v) is 5.98. The fourth-order valence-corrected chi connectivity index (χ4v) is 1.10. The van der Waals surface area contributed by atoms with Crippen molar-refractivity contribution >= 4 is 0 Å². The van der Waals surface area contributed by atoms with Gasteiger partial charge in [0.25, 0.3) is 6.43 Å². The van der Waals surface area contributed by atoms with E-state index in [-0.39, 0.29) is 0 Å². The van der Waals surface area contributed by atoms with Crippen molar-refractivity contribution in [1.82, 2.24) is 10.2 Å². The van der Waals surface area contributed by atoms with Crippen LogP contribution in [0, 0.1) is 0 Å². The number of hydrogen-bond donors (Lipinski definition) is 1. The Bertz CT molecular complexity index is 108. The van der Waals surface area contributed by atoms with Crippen molar-refractivity contribution in [2.45, 2.75) is 12.5 Å². The summed E-state index contributed by atoms with van der Waals surface area (Å²) in [4.78, 5) is 1.91. The van der Waals surface area contributed by atoms with E-state index >= 15 is 0 Å². The first-order chi connectivity index (χ1) is 4.70. The van der Waals surface area contributed by atoms with Crippen molar-refractivity contribution in [3.8, 4) is 0 Å². The van der Waals surface area contributed by atoms with Gasteiger partial charge in [0.15, 0.2) is 0 Å². The Morgan fingerprint density at radius 3 is 2.70 bits per heavy atom. The first kappa shape index (κ1) is 7.88. The highest BCUT2D eigenvalue weighted by Crippen LogP contribution is 2.05. The standard InChI is InChI=1S/C6H12F2N2/c1-10-3-2-9-5(4-10)6(7)8/h5-6,9H,2-4H2,1H3/t5-/m1/s1. The van der Waals surface area contributed by atoms with E-state index in [2.05, 4.69) is 5.32 Å². The zero-order valence-electron chi connectivity index (χ0n) is 5.98. The molecule has 0 saturated carbocycles. The highest BCUT2D eigenvalue weighted by molar-refractivity contribution is 4.78. The van der Waals surface area contributed by atoms with Gasteiger partial charge in [0.2, 0.25) is 0 Å². The number of rotatable bonds is 1. The molecule has 0 unspecified atom stereocenters. The first-order valence-electron chi connectivity index (χ1n) is 3.40. The van der Waals surface area contributed by atoms with Crippen LogP contribution in [-0.4, -0.2) is 44.0 Å². The number of nitrogens with one attached hydrogen (secondary N) is 1. The van der Waals surface area contributed by atoms with Crippen LogP contribution >= 0.6 is 0 Å². The van der Waals surface area contributed by atoms with Crippen molar-refractivity contribution in [2.75, 3.05) is 26.7 Å². The van der Waals surface area contributed by atoms with E-state index in [4.69, 9.17) is 0 Å². The van der Waals surface area contributed by atoms with Gasteiger partial charge in [0.05, 0.1) is 6.04 Å². The second-order valence-corrected chi connectivity index (χ2v) is 2.66. The Kier molecular flexibility index (Phi) is 2.56. The molecule has 0 bridgehead atoms. The molecule has 2 nitrogen and oxygen atoms in total. The van der Waals surface area contributed by atoms with Gasteiger partial charge in [-0.1, -0.05) is 0 Å². The molecule has 0 radical (unpaired) electrons. The summed E-state index contributed by atoms with van der Waals surface area (Å²) in [6.07, 6.45) is -2.23. The molecular weight excluding hydrogens is 138 g/mol. The van der Waals surface area contributed by atoms with Crippen LogP contribution in [0.15, 0.2) is 0 Å². The van der Waals surface area contributed by atoms with Crippen LogP contribution < -0.4 is 5.32 Å². The quantitative estimate of drug-likeness (QED) is 0.572. The highest BCUT2D eigenvalue weighted by Gasteiger charge is 2.24. The maximum atomic E-state index is 12.0. The van der Waals surface area contributed by atoms with Gasteiger partial charge in [-0.05, 0) is 7.05 Å². The lowest BCUT2D eigenvalue weighted by molar-refractivity contribution is 0.0644. The second-order valence-electron chi connectivity index (χ2n) is 2.66. The molecule has 0 aromatic heterocycles. The average Bonchev–Trinajstić information content (AvgIpc) is 1.88. The lowest BCUT2D eigenvalue weighted by Crippen LogP contribution is -2.52. The summed E-state index contributed by atoms with van der Waals surface area (Å²) in [5, 5.41) is 2.76. The molecule has 1 fully saturated rings. The Hall–Kier alpha value is -0.220. The van der Waals surface area contributed by atoms with E-state index in [1.807, 2.05) is 11.9 Å². The number of alkyl halides is 2. The minimum Gasteiger partial charge on any atom is -0.307 e. The minimum absolute atomic E-state index is 0.456. The fourth-order valence-electron chi connectivity index (χ4n) is 1.10. The van der Waals surface area contributed by atoms with Crippen molar-refractivity contribution in [3.05, 3.63) is 0 Å². The summed E-state index contributed by atoms with van der Waals surface area (Å²) in [5.74, 6) is 0. The third kappa shape index (κ3) is 1.88. The summed E-state index contributed by atoms with van der Waals surface area (Å²) in [6, 6.07) is -0.626. The maximum Gasteiger partial charge on any atom is 0.254 e. The largest absolute Gasteiger partial charge is 0.307 e. The molecule has 1 atom stereocenters. The fraction of sp³-hybridized carbons (Fsp3) is 1.00. The molecule has 0 aromatic rings. The van der Waals surface area contributed by atoms with E-state index in [1.165, 1.54) is 0 Å². The SMILES string of the molecule is CN1CCN[C@@H](C(F)F)C1. The van der Waals surface area contributed by atoms with Crippen LogP contribution in [0.25, 0.3) is 0 Å². The smallest absolute Gasteiger partial charge is 0.254 e. The molecule has 1 N–H and O–H groups in total. The number of likely N-dealkylation sites (N-methyl/N-ethyl adjacent to an activating group) is 1. The first-order valence-corrected chi connectivity index (χ1v) is 3.40. The molecule has 0 amide bonds. The third-order valence-electron chi connectivity index (χ3n) is 1.71. The van der Waals surface area contributed by atoms with Gasteiger partial charge in [0.1, 0.15) is 0 Å². The van der Waals surface area contributed by atoms with Crippen LogP contribution in [0.1, 0.15) is 0 Å². The van der Waals surface area contributed by atoms with Gasteiger partial charge in [-0.25, -0.2) is 8.78 Å². The molecule has 1 rings (SSSR count). The summed E-state index contributed by atoms with van der Waals surface area (Å²) in [7, 11) is 1.86. The van der Waals surface area contributed by atoms with E-state index in [9.17, 15) is 8.78 Å². The van der Waals surface area contributed by atoms with E-state index in [1.54, 1.807) is 0 Å². The van der Waals surface area contributed by atoms with Crippen molar-refractivity contribution in [3.63, 3.8) is 0 Å².